The van der Waals surface area contributed by atoms with Gasteiger partial charge < -0.3 is 10.2 Å². The molecule has 0 amide bonds. The van der Waals surface area contributed by atoms with Crippen LogP contribution in [0.15, 0.2) is 0 Å². The summed E-state index contributed by atoms with van der Waals surface area (Å²) in [6.07, 6.45) is 10.3. The summed E-state index contributed by atoms with van der Waals surface area (Å²) in [4.78, 5) is 0. The average molecular weight is 216 g/mol. The molecule has 0 aromatic heterocycles. The second-order valence-electron chi connectivity index (χ2n) is 4.75. The minimum absolute atomic E-state index is 0.129. The molecule has 92 valence electrons. The van der Waals surface area contributed by atoms with Gasteiger partial charge in [0, 0.05) is 0 Å². The molecule has 0 spiro atoms. The largest absolute Gasteiger partial charge is 0.393 e. The van der Waals surface area contributed by atoms with E-state index in [-0.39, 0.29) is 12.2 Å². The van der Waals surface area contributed by atoms with Gasteiger partial charge in [0.05, 0.1) is 12.2 Å². The molecule has 0 fully saturated rings. The Morgan fingerprint density at radius 1 is 0.600 bits per heavy atom. The molecule has 0 aliphatic rings. The van der Waals surface area contributed by atoms with Gasteiger partial charge in [-0.2, -0.15) is 0 Å². The summed E-state index contributed by atoms with van der Waals surface area (Å²) in [5, 5.41) is 18.1. The number of rotatable bonds is 10. The fraction of sp³-hybridized carbons (Fsp3) is 1.00. The van der Waals surface area contributed by atoms with Crippen molar-refractivity contribution in [2.24, 2.45) is 0 Å². The van der Waals surface area contributed by atoms with Crippen LogP contribution in [0.3, 0.4) is 0 Å². The van der Waals surface area contributed by atoms with Crippen LogP contribution in [0.5, 0.6) is 0 Å². The number of aliphatic hydroxyl groups is 2. The number of hydrogen-bond donors (Lipinski definition) is 2. The Morgan fingerprint density at radius 2 is 0.867 bits per heavy atom. The zero-order valence-electron chi connectivity index (χ0n) is 10.4. The zero-order valence-corrected chi connectivity index (χ0v) is 10.4. The molecule has 15 heavy (non-hydrogen) atoms. The number of unbranched alkanes of at least 4 members (excludes halogenated alkanes) is 6. The van der Waals surface area contributed by atoms with Crippen LogP contribution in [-0.2, 0) is 0 Å². The van der Waals surface area contributed by atoms with E-state index in [1.807, 2.05) is 13.8 Å². The predicted molar refractivity (Wildman–Crippen MR) is 64.9 cm³/mol. The van der Waals surface area contributed by atoms with E-state index in [0.29, 0.717) is 0 Å². The van der Waals surface area contributed by atoms with E-state index in [1.165, 1.54) is 32.1 Å². The van der Waals surface area contributed by atoms with Crippen LogP contribution in [0.25, 0.3) is 0 Å². The molecule has 0 bridgehead atoms. The smallest absolute Gasteiger partial charge is 0.0512 e. The lowest BCUT2D eigenvalue weighted by atomic mass is 10.1. The van der Waals surface area contributed by atoms with Gasteiger partial charge in [-0.15, -0.1) is 0 Å². The zero-order chi connectivity index (χ0) is 11.5. The van der Waals surface area contributed by atoms with Crippen LogP contribution in [0.1, 0.15) is 71.6 Å². The van der Waals surface area contributed by atoms with Crippen LogP contribution in [0, 0.1) is 0 Å². The van der Waals surface area contributed by atoms with Gasteiger partial charge in [0.15, 0.2) is 0 Å². The lowest BCUT2D eigenvalue weighted by Crippen LogP contribution is -1.98. The van der Waals surface area contributed by atoms with Gasteiger partial charge in [0.1, 0.15) is 0 Å². The molecule has 0 saturated heterocycles. The van der Waals surface area contributed by atoms with E-state index >= 15 is 0 Å². The van der Waals surface area contributed by atoms with E-state index in [0.717, 1.165) is 25.7 Å². The number of hydrogen-bond acceptors (Lipinski definition) is 2. The minimum atomic E-state index is -0.129. The molecule has 0 unspecified atom stereocenters. The minimum Gasteiger partial charge on any atom is -0.393 e. The number of aliphatic hydroxyl groups excluding tert-OH is 2. The maximum absolute atomic E-state index is 9.05. The first kappa shape index (κ1) is 14.9. The van der Waals surface area contributed by atoms with Gasteiger partial charge in [0.25, 0.3) is 0 Å². The molecule has 0 aromatic carbocycles. The van der Waals surface area contributed by atoms with Crippen LogP contribution >= 0.6 is 0 Å². The normalized spacial score (nSPS) is 15.2. The van der Waals surface area contributed by atoms with Crippen molar-refractivity contribution in [3.05, 3.63) is 0 Å². The van der Waals surface area contributed by atoms with Crippen molar-refractivity contribution in [2.45, 2.75) is 83.8 Å². The SMILES string of the molecule is C[C@H](O)CCCCCCCCC[C@H](C)O. The van der Waals surface area contributed by atoms with E-state index < -0.39 is 0 Å². The summed E-state index contributed by atoms with van der Waals surface area (Å²) in [6, 6.07) is 0. The van der Waals surface area contributed by atoms with E-state index in [9.17, 15) is 0 Å². The molecule has 2 atom stereocenters. The van der Waals surface area contributed by atoms with Gasteiger partial charge in [-0.25, -0.2) is 0 Å². The quantitative estimate of drug-likeness (QED) is 0.550. The van der Waals surface area contributed by atoms with Crippen molar-refractivity contribution in [1.29, 1.82) is 0 Å². The van der Waals surface area contributed by atoms with Crippen LogP contribution in [-0.4, -0.2) is 22.4 Å². The van der Waals surface area contributed by atoms with Crippen LogP contribution in [0.2, 0.25) is 0 Å². The van der Waals surface area contributed by atoms with Crippen molar-refractivity contribution in [3.8, 4) is 0 Å². The molecule has 2 N–H and O–H groups in total. The molecule has 0 aliphatic heterocycles. The summed E-state index contributed by atoms with van der Waals surface area (Å²) in [6.45, 7) is 3.71. The molecular weight excluding hydrogens is 188 g/mol. The van der Waals surface area contributed by atoms with E-state index in [4.69, 9.17) is 10.2 Å². The molecule has 2 nitrogen and oxygen atoms in total. The summed E-state index contributed by atoms with van der Waals surface area (Å²) in [5.74, 6) is 0. The van der Waals surface area contributed by atoms with Crippen molar-refractivity contribution in [3.63, 3.8) is 0 Å². The lowest BCUT2D eigenvalue weighted by Gasteiger charge is -2.05. The third kappa shape index (κ3) is 13.9. The van der Waals surface area contributed by atoms with Gasteiger partial charge >= 0.3 is 0 Å². The van der Waals surface area contributed by atoms with E-state index in [1.54, 1.807) is 0 Å². The Bertz CT molecular complexity index is 108. The molecule has 2 heteroatoms. The standard InChI is InChI=1S/C13H28O2/c1-12(14)10-8-6-4-3-5-7-9-11-13(2)15/h12-15H,3-11H2,1-2H3/t12-,13-/m0/s1. The summed E-state index contributed by atoms with van der Waals surface area (Å²) < 4.78 is 0. The molecular formula is C13H28O2. The highest BCUT2D eigenvalue weighted by atomic mass is 16.3. The Hall–Kier alpha value is -0.0800. The van der Waals surface area contributed by atoms with Crippen molar-refractivity contribution in [2.75, 3.05) is 0 Å². The van der Waals surface area contributed by atoms with Crippen LogP contribution < -0.4 is 0 Å². The van der Waals surface area contributed by atoms with Crippen LogP contribution in [0.4, 0.5) is 0 Å². The maximum atomic E-state index is 9.05. The summed E-state index contributed by atoms with van der Waals surface area (Å²) in [5.41, 5.74) is 0. The molecule has 0 aliphatic carbocycles. The predicted octanol–water partition coefficient (Wildman–Crippen LogP) is 3.26. The van der Waals surface area contributed by atoms with E-state index in [2.05, 4.69) is 0 Å². The Labute approximate surface area is 94.7 Å². The van der Waals surface area contributed by atoms with Gasteiger partial charge in [-0.3, -0.25) is 0 Å². The Balaban J connectivity index is 2.93. The summed E-state index contributed by atoms with van der Waals surface area (Å²) in [7, 11) is 0. The fourth-order valence-electron chi connectivity index (χ4n) is 1.76. The highest BCUT2D eigenvalue weighted by Gasteiger charge is 1.97. The lowest BCUT2D eigenvalue weighted by molar-refractivity contribution is 0.179. The van der Waals surface area contributed by atoms with Crippen molar-refractivity contribution in [1.82, 2.24) is 0 Å². The average Bonchev–Trinajstić information content (AvgIpc) is 2.14. The maximum Gasteiger partial charge on any atom is 0.0512 e. The first-order chi connectivity index (χ1) is 7.13. The monoisotopic (exact) mass is 216 g/mol. The molecule has 0 aromatic rings. The summed E-state index contributed by atoms with van der Waals surface area (Å²) >= 11 is 0. The first-order valence-corrected chi connectivity index (χ1v) is 6.49. The molecule has 0 saturated carbocycles. The molecule has 0 heterocycles. The van der Waals surface area contributed by atoms with Crippen molar-refractivity contribution >= 4 is 0 Å². The second kappa shape index (κ2) is 10.4. The fourth-order valence-corrected chi connectivity index (χ4v) is 1.76. The Kier molecular flexibility index (Phi) is 10.4. The van der Waals surface area contributed by atoms with Gasteiger partial charge in [0.2, 0.25) is 0 Å². The second-order valence-corrected chi connectivity index (χ2v) is 4.75. The third-order valence-corrected chi connectivity index (χ3v) is 2.74. The topological polar surface area (TPSA) is 40.5 Å². The molecule has 0 radical (unpaired) electrons. The first-order valence-electron chi connectivity index (χ1n) is 6.49. The van der Waals surface area contributed by atoms with Gasteiger partial charge in [-0.05, 0) is 26.7 Å². The highest BCUT2D eigenvalue weighted by molar-refractivity contribution is 4.51. The molecule has 0 rings (SSSR count). The Morgan fingerprint density at radius 3 is 1.13 bits per heavy atom. The van der Waals surface area contributed by atoms with Gasteiger partial charge in [-0.1, -0.05) is 44.9 Å². The highest BCUT2D eigenvalue weighted by Crippen LogP contribution is 2.11. The third-order valence-electron chi connectivity index (χ3n) is 2.74. The van der Waals surface area contributed by atoms with Crippen molar-refractivity contribution < 1.29 is 10.2 Å².